The van der Waals surface area contributed by atoms with E-state index in [2.05, 4.69) is 140 Å². The highest BCUT2D eigenvalue weighted by Gasteiger charge is 2.33. The van der Waals surface area contributed by atoms with Crippen LogP contribution >= 0.6 is 7.92 Å². The molecule has 40 heavy (non-hydrogen) atoms. The second-order valence-electron chi connectivity index (χ2n) is 14.1. The molecule has 0 aliphatic heterocycles. The van der Waals surface area contributed by atoms with Crippen LogP contribution in [0.3, 0.4) is 0 Å². The molecule has 0 unspecified atom stereocenters. The van der Waals surface area contributed by atoms with Gasteiger partial charge < -0.3 is 0 Å². The van der Waals surface area contributed by atoms with E-state index in [9.17, 15) is 0 Å². The quantitative estimate of drug-likeness (QED) is 0.230. The van der Waals surface area contributed by atoms with E-state index in [1.807, 2.05) is 0 Å². The van der Waals surface area contributed by atoms with Crippen molar-refractivity contribution in [3.63, 3.8) is 0 Å². The molecule has 0 atom stereocenters. The van der Waals surface area contributed by atoms with Crippen LogP contribution < -0.4 is 15.9 Å². The summed E-state index contributed by atoms with van der Waals surface area (Å²) in [5.41, 5.74) is 13.4. The Bertz CT molecular complexity index is 1180. The zero-order valence-corrected chi connectivity index (χ0v) is 29.3. The predicted molar refractivity (Wildman–Crippen MR) is 184 cm³/mol. The molecular formula is C39H57P. The molecule has 0 saturated carbocycles. The van der Waals surface area contributed by atoms with Gasteiger partial charge >= 0.3 is 0 Å². The van der Waals surface area contributed by atoms with Gasteiger partial charge in [-0.15, -0.1) is 0 Å². The Morgan fingerprint density at radius 2 is 0.650 bits per heavy atom. The van der Waals surface area contributed by atoms with Gasteiger partial charge in [-0.05, 0) is 125 Å². The minimum absolute atomic E-state index is 0.460. The molecule has 0 amide bonds. The molecule has 0 bridgehead atoms. The summed E-state index contributed by atoms with van der Waals surface area (Å²) < 4.78 is 0. The van der Waals surface area contributed by atoms with Crippen molar-refractivity contribution in [3.8, 4) is 0 Å². The molecule has 0 aromatic heterocycles. The minimum atomic E-state index is -0.776. The van der Waals surface area contributed by atoms with Crippen molar-refractivity contribution in [2.24, 2.45) is 0 Å². The number of hydrogen-bond donors (Lipinski definition) is 0. The Labute approximate surface area is 249 Å². The zero-order chi connectivity index (χ0) is 30.2. The second kappa shape index (κ2) is 12.9. The molecule has 0 spiro atoms. The Hall–Kier alpha value is -1.91. The van der Waals surface area contributed by atoms with Gasteiger partial charge in [-0.25, -0.2) is 0 Å². The lowest BCUT2D eigenvalue weighted by Gasteiger charge is -2.35. The largest absolute Gasteiger partial charge is 0.0587 e. The summed E-state index contributed by atoms with van der Waals surface area (Å²) in [5, 5.41) is 4.82. The van der Waals surface area contributed by atoms with E-state index in [1.165, 1.54) is 27.8 Å². The van der Waals surface area contributed by atoms with Crippen LogP contribution in [0, 0.1) is 20.8 Å². The normalized spacial score (nSPS) is 12.4. The molecule has 3 aromatic rings. The van der Waals surface area contributed by atoms with Crippen LogP contribution in [-0.2, 0) is 0 Å². The second-order valence-corrected chi connectivity index (χ2v) is 16.1. The lowest BCUT2D eigenvalue weighted by molar-refractivity contribution is 0.811. The maximum Gasteiger partial charge on any atom is -0.00812 e. The summed E-state index contributed by atoms with van der Waals surface area (Å²) >= 11 is 0. The molecule has 218 valence electrons. The SMILES string of the molecule is Cc1cc(C)c(P(c2c(C(C)C)cc(C(C)C)cc2C(C)C)c2c(C(C)C)cc(C(C)C)cc2C(C)C)c(C)c1. The Morgan fingerprint density at radius 3 is 0.875 bits per heavy atom. The molecule has 3 aromatic carbocycles. The summed E-state index contributed by atoms with van der Waals surface area (Å²) in [5.74, 6) is 2.87. The van der Waals surface area contributed by atoms with Crippen molar-refractivity contribution in [1.29, 1.82) is 0 Å². The van der Waals surface area contributed by atoms with E-state index >= 15 is 0 Å². The molecule has 0 aliphatic rings. The molecule has 0 heterocycles. The number of benzene rings is 3. The monoisotopic (exact) mass is 556 g/mol. The van der Waals surface area contributed by atoms with Gasteiger partial charge in [0.2, 0.25) is 0 Å². The first-order valence-corrected chi connectivity index (χ1v) is 17.1. The highest BCUT2D eigenvalue weighted by molar-refractivity contribution is 7.80. The first-order valence-electron chi connectivity index (χ1n) is 15.8. The fourth-order valence-electron chi connectivity index (χ4n) is 6.21. The van der Waals surface area contributed by atoms with Crippen molar-refractivity contribution in [2.45, 2.75) is 139 Å². The van der Waals surface area contributed by atoms with E-state index in [0.29, 0.717) is 35.5 Å². The van der Waals surface area contributed by atoms with Gasteiger partial charge in [-0.1, -0.05) is 125 Å². The van der Waals surface area contributed by atoms with Gasteiger partial charge in [0.15, 0.2) is 0 Å². The summed E-state index contributed by atoms with van der Waals surface area (Å²) in [6.07, 6.45) is 0. The summed E-state index contributed by atoms with van der Waals surface area (Å²) in [4.78, 5) is 0. The molecule has 3 rings (SSSR count). The minimum Gasteiger partial charge on any atom is -0.0587 e. The third-order valence-electron chi connectivity index (χ3n) is 8.51. The van der Waals surface area contributed by atoms with Crippen LogP contribution in [0.25, 0.3) is 0 Å². The summed E-state index contributed by atoms with van der Waals surface area (Å²) in [6.45, 7) is 35.6. The van der Waals surface area contributed by atoms with Gasteiger partial charge in [0.1, 0.15) is 0 Å². The molecular weight excluding hydrogens is 499 g/mol. The third-order valence-corrected chi connectivity index (χ3v) is 11.6. The number of rotatable bonds is 9. The van der Waals surface area contributed by atoms with Crippen molar-refractivity contribution in [1.82, 2.24) is 0 Å². The van der Waals surface area contributed by atoms with E-state index < -0.39 is 7.92 Å². The topological polar surface area (TPSA) is 0 Å². The fourth-order valence-corrected chi connectivity index (χ4v) is 10.0. The van der Waals surface area contributed by atoms with Crippen molar-refractivity contribution in [3.05, 3.63) is 86.5 Å². The van der Waals surface area contributed by atoms with E-state index in [0.717, 1.165) is 0 Å². The van der Waals surface area contributed by atoms with Crippen LogP contribution in [0.4, 0.5) is 0 Å². The standard InChI is InChI=1S/C39H57P/c1-22(2)31-18-33(24(5)6)38(34(19-31)25(7)8)40(37-29(14)16-28(13)17-30(37)15)39-35(26(9)10)20-32(23(3)4)21-36(39)27(11)12/h16-27H,1-15H3. The summed E-state index contributed by atoms with van der Waals surface area (Å²) in [6, 6.07) is 15.1. The number of aryl methyl sites for hydroxylation is 3. The highest BCUT2D eigenvalue weighted by atomic mass is 31.1. The molecule has 0 saturated heterocycles. The van der Waals surface area contributed by atoms with Crippen LogP contribution in [0.5, 0.6) is 0 Å². The smallest absolute Gasteiger partial charge is 0.00812 e. The van der Waals surface area contributed by atoms with Crippen LogP contribution in [0.1, 0.15) is 169 Å². The maximum absolute atomic E-state index is 2.57. The van der Waals surface area contributed by atoms with Crippen molar-refractivity contribution in [2.75, 3.05) is 0 Å². The van der Waals surface area contributed by atoms with Crippen molar-refractivity contribution < 1.29 is 0 Å². The molecule has 0 fully saturated rings. The summed E-state index contributed by atoms with van der Waals surface area (Å²) in [7, 11) is -0.776. The Balaban J connectivity index is 2.70. The lowest BCUT2D eigenvalue weighted by Crippen LogP contribution is -2.34. The molecule has 0 N–H and O–H groups in total. The average molecular weight is 557 g/mol. The van der Waals surface area contributed by atoms with E-state index in [1.54, 1.807) is 38.2 Å². The van der Waals surface area contributed by atoms with Gasteiger partial charge in [-0.2, -0.15) is 0 Å². The molecule has 0 aliphatic carbocycles. The first-order chi connectivity index (χ1) is 18.6. The van der Waals surface area contributed by atoms with E-state index in [-0.39, 0.29) is 0 Å². The van der Waals surface area contributed by atoms with Crippen LogP contribution in [0.2, 0.25) is 0 Å². The van der Waals surface area contributed by atoms with Crippen LogP contribution in [-0.4, -0.2) is 0 Å². The van der Waals surface area contributed by atoms with Crippen LogP contribution in [0.15, 0.2) is 36.4 Å². The van der Waals surface area contributed by atoms with Gasteiger partial charge in [0.05, 0.1) is 0 Å². The van der Waals surface area contributed by atoms with Gasteiger partial charge in [0, 0.05) is 0 Å². The molecule has 1 heteroatoms. The number of hydrogen-bond acceptors (Lipinski definition) is 0. The zero-order valence-electron chi connectivity index (χ0n) is 28.4. The maximum atomic E-state index is 2.57. The fraction of sp³-hybridized carbons (Fsp3) is 0.538. The predicted octanol–water partition coefficient (Wildman–Crippen LogP) is 11.1. The first kappa shape index (κ1) is 32.6. The average Bonchev–Trinajstić information content (AvgIpc) is 2.84. The molecule has 0 nitrogen and oxygen atoms in total. The Morgan fingerprint density at radius 1 is 0.375 bits per heavy atom. The Kier molecular flexibility index (Phi) is 10.6. The van der Waals surface area contributed by atoms with Gasteiger partial charge in [0.25, 0.3) is 0 Å². The van der Waals surface area contributed by atoms with E-state index in [4.69, 9.17) is 0 Å². The van der Waals surface area contributed by atoms with Crippen molar-refractivity contribution >= 4 is 23.8 Å². The highest BCUT2D eigenvalue weighted by Crippen LogP contribution is 2.46. The molecule has 0 radical (unpaired) electrons. The van der Waals surface area contributed by atoms with Gasteiger partial charge in [-0.3, -0.25) is 0 Å². The third kappa shape index (κ3) is 6.59. The lowest BCUT2D eigenvalue weighted by atomic mass is 9.89.